The molecule has 0 unspecified atom stereocenters. The molecule has 0 saturated carbocycles. The summed E-state index contributed by atoms with van der Waals surface area (Å²) in [6, 6.07) is 11.3. The molecule has 2 aliphatic heterocycles. The second-order valence-corrected chi connectivity index (χ2v) is 9.58. The molecular weight excluding hydrogens is 404 g/mol. The number of para-hydroxylation sites is 1. The standard InChI is InChI=1S/C24H30N6O2/c1-16(2)10-18-12-22(28-32-18)29(3)8-9-30-14-24(15-30)13-17-11-20(26-27-23(17)25-24)19-6-4-5-7-21(19)31/h4-7,11-12,16,31H,8-10,13-15H2,1-3H3,(H,25,27). The predicted octanol–water partition coefficient (Wildman–Crippen LogP) is 3.19. The van der Waals surface area contributed by atoms with Crippen LogP contribution in [0.25, 0.3) is 11.3 Å². The van der Waals surface area contributed by atoms with Crippen molar-refractivity contribution in [3.63, 3.8) is 0 Å². The van der Waals surface area contributed by atoms with Gasteiger partial charge in [-0.25, -0.2) is 0 Å². The smallest absolute Gasteiger partial charge is 0.172 e. The molecule has 8 heteroatoms. The van der Waals surface area contributed by atoms with Crippen molar-refractivity contribution in [1.29, 1.82) is 0 Å². The van der Waals surface area contributed by atoms with Crippen molar-refractivity contribution in [3.8, 4) is 17.0 Å². The van der Waals surface area contributed by atoms with Crippen molar-refractivity contribution in [2.75, 3.05) is 43.4 Å². The summed E-state index contributed by atoms with van der Waals surface area (Å²) in [4.78, 5) is 4.60. The van der Waals surface area contributed by atoms with E-state index in [0.29, 0.717) is 17.2 Å². The second-order valence-electron chi connectivity index (χ2n) is 9.58. The molecule has 8 nitrogen and oxygen atoms in total. The monoisotopic (exact) mass is 434 g/mol. The molecule has 0 atom stereocenters. The number of fused-ring (bicyclic) bond motifs is 1. The van der Waals surface area contributed by atoms with E-state index in [2.05, 4.69) is 57.4 Å². The largest absolute Gasteiger partial charge is 0.507 e. The minimum Gasteiger partial charge on any atom is -0.507 e. The van der Waals surface area contributed by atoms with Gasteiger partial charge in [0.15, 0.2) is 11.6 Å². The molecule has 1 fully saturated rings. The fourth-order valence-electron chi connectivity index (χ4n) is 4.70. The number of nitrogens with one attached hydrogen (secondary N) is 1. The van der Waals surface area contributed by atoms with E-state index in [1.165, 1.54) is 0 Å². The summed E-state index contributed by atoms with van der Waals surface area (Å²) in [5.74, 6) is 3.49. The van der Waals surface area contributed by atoms with Crippen molar-refractivity contribution in [2.45, 2.75) is 32.2 Å². The van der Waals surface area contributed by atoms with E-state index < -0.39 is 0 Å². The maximum Gasteiger partial charge on any atom is 0.172 e. The molecule has 0 aliphatic carbocycles. The number of phenols is 1. The Hall–Kier alpha value is -3.13. The molecule has 2 aliphatic rings. The fraction of sp³-hybridized carbons (Fsp3) is 0.458. The Kier molecular flexibility index (Phi) is 5.25. The van der Waals surface area contributed by atoms with E-state index in [9.17, 15) is 5.11 Å². The molecule has 1 saturated heterocycles. The van der Waals surface area contributed by atoms with Crippen LogP contribution in [0.4, 0.5) is 11.6 Å². The first-order chi connectivity index (χ1) is 15.4. The lowest BCUT2D eigenvalue weighted by Crippen LogP contribution is -2.66. The van der Waals surface area contributed by atoms with Crippen LogP contribution in [0.15, 0.2) is 40.9 Å². The molecular formula is C24H30N6O2. The highest BCUT2D eigenvalue weighted by atomic mass is 16.5. The molecule has 2 aromatic heterocycles. The van der Waals surface area contributed by atoms with Gasteiger partial charge in [-0.15, -0.1) is 10.2 Å². The molecule has 4 heterocycles. The quantitative estimate of drug-likeness (QED) is 0.586. The fourth-order valence-corrected chi connectivity index (χ4v) is 4.70. The van der Waals surface area contributed by atoms with Crippen LogP contribution in [0.5, 0.6) is 5.75 Å². The minimum absolute atomic E-state index is 0.0330. The molecule has 2 N–H and O–H groups in total. The molecule has 5 rings (SSSR count). The molecule has 0 bridgehead atoms. The molecule has 1 spiro atoms. The van der Waals surface area contributed by atoms with Crippen molar-refractivity contribution in [3.05, 3.63) is 47.7 Å². The Morgan fingerprint density at radius 3 is 2.81 bits per heavy atom. The average Bonchev–Trinajstić information content (AvgIpc) is 3.35. The topological polar surface area (TPSA) is 90.5 Å². The summed E-state index contributed by atoms with van der Waals surface area (Å²) >= 11 is 0. The highest BCUT2D eigenvalue weighted by molar-refractivity contribution is 5.69. The first-order valence-electron chi connectivity index (χ1n) is 11.2. The zero-order chi connectivity index (χ0) is 22.3. The van der Waals surface area contributed by atoms with E-state index in [1.54, 1.807) is 6.07 Å². The number of aromatic hydroxyl groups is 1. The number of hydrogen-bond donors (Lipinski definition) is 2. The highest BCUT2D eigenvalue weighted by Gasteiger charge is 2.47. The number of likely N-dealkylation sites (tertiary alicyclic amines) is 1. The zero-order valence-electron chi connectivity index (χ0n) is 18.9. The van der Waals surface area contributed by atoms with Gasteiger partial charge in [-0.1, -0.05) is 31.1 Å². The Labute approximate surface area is 188 Å². The number of likely N-dealkylation sites (N-methyl/N-ethyl adjacent to an activating group) is 1. The Morgan fingerprint density at radius 2 is 2.03 bits per heavy atom. The van der Waals surface area contributed by atoms with E-state index in [4.69, 9.17) is 4.52 Å². The lowest BCUT2D eigenvalue weighted by Gasteiger charge is -2.48. The van der Waals surface area contributed by atoms with Gasteiger partial charge in [0.25, 0.3) is 0 Å². The third kappa shape index (κ3) is 4.02. The number of anilines is 2. The normalized spacial score (nSPS) is 16.8. The van der Waals surface area contributed by atoms with Gasteiger partial charge in [0.05, 0.1) is 11.2 Å². The predicted molar refractivity (Wildman–Crippen MR) is 124 cm³/mol. The maximum absolute atomic E-state index is 10.1. The number of aromatic nitrogens is 3. The first kappa shape index (κ1) is 20.8. The van der Waals surface area contributed by atoms with Crippen LogP contribution in [0, 0.1) is 5.92 Å². The van der Waals surface area contributed by atoms with Crippen molar-refractivity contribution >= 4 is 11.6 Å². The van der Waals surface area contributed by atoms with Crippen LogP contribution in [-0.2, 0) is 12.8 Å². The maximum atomic E-state index is 10.1. The number of nitrogens with zero attached hydrogens (tertiary/aromatic N) is 5. The number of phenolic OH excluding ortho intramolecular Hbond substituents is 1. The number of rotatable bonds is 7. The Balaban J connectivity index is 1.15. The van der Waals surface area contributed by atoms with E-state index in [0.717, 1.165) is 62.0 Å². The summed E-state index contributed by atoms with van der Waals surface area (Å²) in [5, 5.41) is 26.7. The van der Waals surface area contributed by atoms with E-state index in [1.807, 2.05) is 24.3 Å². The van der Waals surface area contributed by atoms with Crippen molar-refractivity contribution in [1.82, 2.24) is 20.3 Å². The summed E-state index contributed by atoms with van der Waals surface area (Å²) in [7, 11) is 2.06. The van der Waals surface area contributed by atoms with Gasteiger partial charge in [-0.3, -0.25) is 4.90 Å². The molecule has 168 valence electrons. The lowest BCUT2D eigenvalue weighted by atomic mass is 9.86. The summed E-state index contributed by atoms with van der Waals surface area (Å²) < 4.78 is 5.46. The molecule has 0 radical (unpaired) electrons. The van der Waals surface area contributed by atoms with Crippen LogP contribution in [0.3, 0.4) is 0 Å². The first-order valence-corrected chi connectivity index (χ1v) is 11.2. The van der Waals surface area contributed by atoms with Crippen molar-refractivity contribution in [2.24, 2.45) is 5.92 Å². The Bertz CT molecular complexity index is 1110. The summed E-state index contributed by atoms with van der Waals surface area (Å²) in [6.07, 6.45) is 1.84. The van der Waals surface area contributed by atoms with Crippen LogP contribution >= 0.6 is 0 Å². The minimum atomic E-state index is 0.0330. The van der Waals surface area contributed by atoms with E-state index >= 15 is 0 Å². The summed E-state index contributed by atoms with van der Waals surface area (Å²) in [6.45, 7) is 8.17. The lowest BCUT2D eigenvalue weighted by molar-refractivity contribution is 0.0940. The summed E-state index contributed by atoms with van der Waals surface area (Å²) in [5.41, 5.74) is 2.62. The third-order valence-electron chi connectivity index (χ3n) is 6.32. The number of benzene rings is 1. The van der Waals surface area contributed by atoms with Gasteiger partial charge in [0.1, 0.15) is 11.5 Å². The molecule has 0 amide bonds. The average molecular weight is 435 g/mol. The second kappa shape index (κ2) is 8.09. The van der Waals surface area contributed by atoms with Crippen LogP contribution in [0.2, 0.25) is 0 Å². The van der Waals surface area contributed by atoms with Gasteiger partial charge in [-0.2, -0.15) is 0 Å². The molecule has 3 aromatic rings. The van der Waals surface area contributed by atoms with Crippen LogP contribution < -0.4 is 10.2 Å². The van der Waals surface area contributed by atoms with Crippen molar-refractivity contribution < 1.29 is 9.63 Å². The number of hydrogen-bond acceptors (Lipinski definition) is 8. The van der Waals surface area contributed by atoms with Gasteiger partial charge in [-0.05, 0) is 24.1 Å². The highest BCUT2D eigenvalue weighted by Crippen LogP contribution is 2.38. The SMILES string of the molecule is CC(C)Cc1cc(N(C)CCN2CC3(Cc4cc(-c5ccccc5O)nnc4N3)C2)no1. The van der Waals surface area contributed by atoms with Crippen LogP contribution in [0.1, 0.15) is 25.2 Å². The molecule has 32 heavy (non-hydrogen) atoms. The zero-order valence-corrected chi connectivity index (χ0v) is 18.9. The van der Waals surface area contributed by atoms with E-state index in [-0.39, 0.29) is 11.3 Å². The third-order valence-corrected chi connectivity index (χ3v) is 6.32. The molecule has 1 aromatic carbocycles. The van der Waals surface area contributed by atoms with Gasteiger partial charge in [0.2, 0.25) is 0 Å². The van der Waals surface area contributed by atoms with Gasteiger partial charge in [0, 0.05) is 63.3 Å². The van der Waals surface area contributed by atoms with Gasteiger partial charge >= 0.3 is 0 Å². The Morgan fingerprint density at radius 1 is 1.22 bits per heavy atom. The van der Waals surface area contributed by atoms with Gasteiger partial charge < -0.3 is 19.8 Å². The van der Waals surface area contributed by atoms with Crippen LogP contribution in [-0.4, -0.2) is 64.1 Å².